The summed E-state index contributed by atoms with van der Waals surface area (Å²) in [5.41, 5.74) is 0.968. The van der Waals surface area contributed by atoms with Gasteiger partial charge in [-0.3, -0.25) is 4.79 Å². The second-order valence-corrected chi connectivity index (χ2v) is 2.98. The van der Waals surface area contributed by atoms with Crippen molar-refractivity contribution in [1.29, 1.82) is 0 Å². The molecule has 0 bridgehead atoms. The summed E-state index contributed by atoms with van der Waals surface area (Å²) >= 11 is 0. The minimum Gasteiger partial charge on any atom is -0.370 e. The van der Waals surface area contributed by atoms with Gasteiger partial charge in [-0.2, -0.15) is 0 Å². The van der Waals surface area contributed by atoms with E-state index in [2.05, 4.69) is 0 Å². The molecule has 0 N–H and O–H groups in total. The summed E-state index contributed by atoms with van der Waals surface area (Å²) in [7, 11) is 0. The molecule has 1 fully saturated rings. The fourth-order valence-corrected chi connectivity index (χ4v) is 1.56. The Morgan fingerprint density at radius 1 is 1.58 bits per heavy atom. The van der Waals surface area contributed by atoms with Gasteiger partial charge in [-0.1, -0.05) is 13.0 Å². The van der Waals surface area contributed by atoms with Crippen molar-refractivity contribution in [2.24, 2.45) is 0 Å². The van der Waals surface area contributed by atoms with E-state index in [9.17, 15) is 4.79 Å². The summed E-state index contributed by atoms with van der Waals surface area (Å²) in [4.78, 5) is 11.5. The molecule has 12 heavy (non-hydrogen) atoms. The molecule has 0 aromatic carbocycles. The lowest BCUT2D eigenvalue weighted by Crippen LogP contribution is -2.18. The molecule has 0 heterocycles. The number of carbonyl (C=O) groups excluding carboxylic acids is 1. The molecular formula is C10H16O2. The Morgan fingerprint density at radius 2 is 2.33 bits per heavy atom. The van der Waals surface area contributed by atoms with Gasteiger partial charge in [0.15, 0.2) is 5.78 Å². The van der Waals surface area contributed by atoms with Crippen molar-refractivity contribution in [3.63, 3.8) is 0 Å². The number of rotatable bonds is 3. The topological polar surface area (TPSA) is 26.3 Å². The van der Waals surface area contributed by atoms with Crippen LogP contribution in [0, 0.1) is 0 Å². The Kier molecular flexibility index (Phi) is 3.48. The summed E-state index contributed by atoms with van der Waals surface area (Å²) in [6.07, 6.45) is 4.59. The average molecular weight is 168 g/mol. The number of Topliss-reactive ketones (excluding diaryl/α,β-unsaturated/α-hetero) is 1. The van der Waals surface area contributed by atoms with Gasteiger partial charge in [-0.25, -0.2) is 0 Å². The quantitative estimate of drug-likeness (QED) is 0.603. The van der Waals surface area contributed by atoms with Crippen LogP contribution in [-0.4, -0.2) is 18.5 Å². The van der Waals surface area contributed by atoms with Crippen LogP contribution in [0.25, 0.3) is 0 Å². The fraction of sp³-hybridized carbons (Fsp3) is 0.700. The van der Waals surface area contributed by atoms with Gasteiger partial charge in [0.05, 0.1) is 0 Å². The van der Waals surface area contributed by atoms with Gasteiger partial charge in [0.2, 0.25) is 0 Å². The van der Waals surface area contributed by atoms with E-state index in [0.29, 0.717) is 6.61 Å². The highest BCUT2D eigenvalue weighted by molar-refractivity contribution is 6.00. The summed E-state index contributed by atoms with van der Waals surface area (Å²) in [5, 5.41) is 0. The van der Waals surface area contributed by atoms with Crippen molar-refractivity contribution >= 4 is 5.78 Å². The molecule has 0 spiro atoms. The Bertz CT molecular complexity index is 194. The van der Waals surface area contributed by atoms with Gasteiger partial charge < -0.3 is 4.74 Å². The first-order valence-corrected chi connectivity index (χ1v) is 4.64. The van der Waals surface area contributed by atoms with E-state index < -0.39 is 0 Å². The third-order valence-electron chi connectivity index (χ3n) is 2.10. The van der Waals surface area contributed by atoms with E-state index in [0.717, 1.165) is 24.8 Å². The standard InChI is InChI=1S/C10H16O2/c1-3-5-8-6-7-9(10(8)11)12-4-2/h5,9H,3-4,6-7H2,1-2H3/b8-5+. The summed E-state index contributed by atoms with van der Waals surface area (Å²) < 4.78 is 5.30. The monoisotopic (exact) mass is 168 g/mol. The van der Waals surface area contributed by atoms with Gasteiger partial charge in [0.25, 0.3) is 0 Å². The molecule has 2 heteroatoms. The normalized spacial score (nSPS) is 27.0. The zero-order valence-electron chi connectivity index (χ0n) is 7.80. The molecule has 1 saturated carbocycles. The Hall–Kier alpha value is -0.630. The van der Waals surface area contributed by atoms with Crippen LogP contribution in [0.2, 0.25) is 0 Å². The van der Waals surface area contributed by atoms with Crippen LogP contribution in [0.15, 0.2) is 11.6 Å². The predicted molar refractivity (Wildman–Crippen MR) is 48.0 cm³/mol. The molecule has 68 valence electrons. The van der Waals surface area contributed by atoms with Crippen molar-refractivity contribution < 1.29 is 9.53 Å². The first-order valence-electron chi connectivity index (χ1n) is 4.64. The third kappa shape index (κ3) is 1.95. The molecule has 2 nitrogen and oxygen atoms in total. The first kappa shape index (κ1) is 9.46. The zero-order chi connectivity index (χ0) is 8.97. The maximum absolute atomic E-state index is 11.5. The molecule has 1 unspecified atom stereocenters. The number of carbonyl (C=O) groups is 1. The van der Waals surface area contributed by atoms with Gasteiger partial charge >= 0.3 is 0 Å². The second kappa shape index (κ2) is 4.41. The SMILES string of the molecule is CC/C=C1\CCC(OCC)C1=O. The van der Waals surface area contributed by atoms with E-state index in [1.165, 1.54) is 0 Å². The maximum Gasteiger partial charge on any atom is 0.187 e. The lowest BCUT2D eigenvalue weighted by molar-refractivity contribution is -0.124. The highest BCUT2D eigenvalue weighted by atomic mass is 16.5. The molecule has 0 aromatic heterocycles. The second-order valence-electron chi connectivity index (χ2n) is 2.98. The molecular weight excluding hydrogens is 152 g/mol. The number of hydrogen-bond acceptors (Lipinski definition) is 2. The zero-order valence-corrected chi connectivity index (χ0v) is 7.80. The Balaban J connectivity index is 2.55. The highest BCUT2D eigenvalue weighted by Crippen LogP contribution is 2.23. The van der Waals surface area contributed by atoms with E-state index in [4.69, 9.17) is 4.74 Å². The number of allylic oxidation sites excluding steroid dienone is 1. The van der Waals surface area contributed by atoms with Crippen LogP contribution in [-0.2, 0) is 9.53 Å². The molecule has 0 saturated heterocycles. The molecule has 1 rings (SSSR count). The van der Waals surface area contributed by atoms with Gasteiger partial charge in [0, 0.05) is 6.61 Å². The Morgan fingerprint density at radius 3 is 2.92 bits per heavy atom. The van der Waals surface area contributed by atoms with Gasteiger partial charge in [-0.15, -0.1) is 0 Å². The minimum atomic E-state index is -0.146. The van der Waals surface area contributed by atoms with Crippen LogP contribution in [0.3, 0.4) is 0 Å². The lowest BCUT2D eigenvalue weighted by Gasteiger charge is -2.05. The number of ether oxygens (including phenoxy) is 1. The minimum absolute atomic E-state index is 0.146. The molecule has 1 atom stereocenters. The molecule has 0 aromatic rings. The van der Waals surface area contributed by atoms with Crippen LogP contribution in [0.5, 0.6) is 0 Å². The van der Waals surface area contributed by atoms with Gasteiger partial charge in [0.1, 0.15) is 6.10 Å². The highest BCUT2D eigenvalue weighted by Gasteiger charge is 2.28. The van der Waals surface area contributed by atoms with E-state index in [1.807, 2.05) is 19.9 Å². The Labute approximate surface area is 73.6 Å². The van der Waals surface area contributed by atoms with E-state index in [-0.39, 0.29) is 11.9 Å². The van der Waals surface area contributed by atoms with Crippen molar-refractivity contribution in [3.05, 3.63) is 11.6 Å². The van der Waals surface area contributed by atoms with Gasteiger partial charge in [-0.05, 0) is 31.8 Å². The first-order chi connectivity index (χ1) is 5.79. The smallest absolute Gasteiger partial charge is 0.187 e. The van der Waals surface area contributed by atoms with Crippen molar-refractivity contribution in [3.8, 4) is 0 Å². The maximum atomic E-state index is 11.5. The van der Waals surface area contributed by atoms with Crippen LogP contribution in [0.4, 0.5) is 0 Å². The van der Waals surface area contributed by atoms with Crippen molar-refractivity contribution in [1.82, 2.24) is 0 Å². The fourth-order valence-electron chi connectivity index (χ4n) is 1.56. The predicted octanol–water partition coefficient (Wildman–Crippen LogP) is 2.09. The molecule has 0 radical (unpaired) electrons. The van der Waals surface area contributed by atoms with Crippen LogP contribution >= 0.6 is 0 Å². The summed E-state index contributed by atoms with van der Waals surface area (Å²) in [5.74, 6) is 0.207. The van der Waals surface area contributed by atoms with Crippen molar-refractivity contribution in [2.45, 2.75) is 39.2 Å². The average Bonchev–Trinajstić information content (AvgIpc) is 2.38. The van der Waals surface area contributed by atoms with E-state index in [1.54, 1.807) is 0 Å². The molecule has 0 aliphatic heterocycles. The summed E-state index contributed by atoms with van der Waals surface area (Å²) in [6, 6.07) is 0. The molecule has 0 amide bonds. The van der Waals surface area contributed by atoms with Crippen LogP contribution < -0.4 is 0 Å². The molecule has 1 aliphatic carbocycles. The summed E-state index contributed by atoms with van der Waals surface area (Å²) in [6.45, 7) is 4.61. The molecule has 1 aliphatic rings. The van der Waals surface area contributed by atoms with Crippen LogP contribution in [0.1, 0.15) is 33.1 Å². The van der Waals surface area contributed by atoms with E-state index >= 15 is 0 Å². The third-order valence-corrected chi connectivity index (χ3v) is 2.10. The largest absolute Gasteiger partial charge is 0.370 e. The number of hydrogen-bond donors (Lipinski definition) is 0. The van der Waals surface area contributed by atoms with Crippen molar-refractivity contribution in [2.75, 3.05) is 6.61 Å². The lowest BCUT2D eigenvalue weighted by atomic mass is 10.2. The number of ketones is 1.